The molecule has 1 aliphatic carbocycles. The summed E-state index contributed by atoms with van der Waals surface area (Å²) in [6, 6.07) is 0.834. The van der Waals surface area contributed by atoms with Gasteiger partial charge in [0, 0.05) is 11.8 Å². The molecule has 0 aromatic heterocycles. The summed E-state index contributed by atoms with van der Waals surface area (Å²) < 4.78 is 0. The van der Waals surface area contributed by atoms with Gasteiger partial charge < -0.3 is 5.32 Å². The molecule has 1 unspecified atom stereocenters. The van der Waals surface area contributed by atoms with Gasteiger partial charge >= 0.3 is 0 Å². The number of rotatable bonds is 1. The maximum Gasteiger partial charge on any atom is 0.0186 e. The van der Waals surface area contributed by atoms with Crippen LogP contribution in [0.3, 0.4) is 0 Å². The SMILES string of the molecule is C1CCCC(C2CSCCCN2)CC1. The van der Waals surface area contributed by atoms with Crippen molar-refractivity contribution in [2.45, 2.75) is 51.0 Å². The molecule has 0 bridgehead atoms. The van der Waals surface area contributed by atoms with Gasteiger partial charge in [-0.05, 0) is 37.5 Å². The number of nitrogens with one attached hydrogen (secondary N) is 1. The maximum atomic E-state index is 3.76. The largest absolute Gasteiger partial charge is 0.313 e. The molecule has 2 fully saturated rings. The Labute approximate surface area is 92.4 Å². The first-order chi connectivity index (χ1) is 6.97. The van der Waals surface area contributed by atoms with Crippen molar-refractivity contribution in [3.05, 3.63) is 0 Å². The Bertz CT molecular complexity index is 126. The first kappa shape index (κ1) is 10.8. The zero-order chi connectivity index (χ0) is 9.64. The Hall–Kier alpha value is 0.310. The van der Waals surface area contributed by atoms with E-state index in [2.05, 4.69) is 17.1 Å². The first-order valence-corrected chi connectivity index (χ1v) is 7.43. The van der Waals surface area contributed by atoms with Crippen molar-refractivity contribution < 1.29 is 0 Å². The highest BCUT2D eigenvalue weighted by Crippen LogP contribution is 2.28. The summed E-state index contributed by atoms with van der Waals surface area (Å²) in [6.45, 7) is 1.26. The lowest BCUT2D eigenvalue weighted by atomic mass is 9.93. The monoisotopic (exact) mass is 213 g/mol. The van der Waals surface area contributed by atoms with E-state index in [4.69, 9.17) is 0 Å². The van der Waals surface area contributed by atoms with Gasteiger partial charge in [-0.2, -0.15) is 11.8 Å². The van der Waals surface area contributed by atoms with Crippen molar-refractivity contribution in [2.75, 3.05) is 18.1 Å². The van der Waals surface area contributed by atoms with Crippen LogP contribution in [-0.4, -0.2) is 24.1 Å². The summed E-state index contributed by atoms with van der Waals surface area (Å²) in [5, 5.41) is 3.76. The van der Waals surface area contributed by atoms with E-state index in [1.165, 1.54) is 63.0 Å². The molecule has 0 amide bonds. The second kappa shape index (κ2) is 6.02. The lowest BCUT2D eigenvalue weighted by molar-refractivity contribution is 0.346. The fourth-order valence-electron chi connectivity index (χ4n) is 2.75. The minimum atomic E-state index is 0.834. The fraction of sp³-hybridized carbons (Fsp3) is 1.00. The molecule has 2 rings (SSSR count). The summed E-state index contributed by atoms with van der Waals surface area (Å²) in [5.41, 5.74) is 0. The summed E-state index contributed by atoms with van der Waals surface area (Å²) in [5.74, 6) is 3.73. The van der Waals surface area contributed by atoms with Crippen molar-refractivity contribution in [2.24, 2.45) is 5.92 Å². The Morgan fingerprint density at radius 3 is 2.50 bits per heavy atom. The van der Waals surface area contributed by atoms with Gasteiger partial charge in [-0.25, -0.2) is 0 Å². The molecule has 1 N–H and O–H groups in total. The number of hydrogen-bond donors (Lipinski definition) is 1. The van der Waals surface area contributed by atoms with Gasteiger partial charge in [0.2, 0.25) is 0 Å². The van der Waals surface area contributed by atoms with Crippen LogP contribution in [0, 0.1) is 5.92 Å². The Morgan fingerprint density at radius 1 is 0.929 bits per heavy atom. The minimum absolute atomic E-state index is 0.834. The van der Waals surface area contributed by atoms with Gasteiger partial charge in [0.15, 0.2) is 0 Å². The van der Waals surface area contributed by atoms with Crippen LogP contribution in [0.2, 0.25) is 0 Å². The molecular weight excluding hydrogens is 190 g/mol. The van der Waals surface area contributed by atoms with Crippen LogP contribution in [0.1, 0.15) is 44.9 Å². The lowest BCUT2D eigenvalue weighted by Crippen LogP contribution is -2.37. The molecule has 0 radical (unpaired) electrons. The molecule has 2 aliphatic rings. The predicted octanol–water partition coefficient (Wildman–Crippen LogP) is 3.05. The van der Waals surface area contributed by atoms with Crippen LogP contribution in [0.4, 0.5) is 0 Å². The fourth-order valence-corrected chi connectivity index (χ4v) is 3.91. The molecule has 1 saturated carbocycles. The van der Waals surface area contributed by atoms with E-state index >= 15 is 0 Å². The first-order valence-electron chi connectivity index (χ1n) is 6.28. The Morgan fingerprint density at radius 2 is 1.71 bits per heavy atom. The molecule has 0 aromatic carbocycles. The standard InChI is InChI=1S/C12H23NS/c1-2-4-7-11(6-3-1)12-10-14-9-5-8-13-12/h11-13H,1-10H2. The quantitative estimate of drug-likeness (QED) is 0.672. The van der Waals surface area contributed by atoms with Gasteiger partial charge in [0.1, 0.15) is 0 Å². The van der Waals surface area contributed by atoms with Crippen molar-refractivity contribution in [1.29, 1.82) is 0 Å². The second-order valence-electron chi connectivity index (χ2n) is 4.74. The third-order valence-corrected chi connectivity index (χ3v) is 4.81. The van der Waals surface area contributed by atoms with E-state index in [0.717, 1.165) is 12.0 Å². The van der Waals surface area contributed by atoms with Gasteiger partial charge in [-0.3, -0.25) is 0 Å². The maximum absolute atomic E-state index is 3.76. The van der Waals surface area contributed by atoms with Gasteiger partial charge in [-0.15, -0.1) is 0 Å². The molecule has 1 nitrogen and oxygen atoms in total. The molecular formula is C12H23NS. The van der Waals surface area contributed by atoms with Crippen LogP contribution < -0.4 is 5.32 Å². The molecule has 1 atom stereocenters. The zero-order valence-corrected chi connectivity index (χ0v) is 9.95. The predicted molar refractivity (Wildman–Crippen MR) is 64.9 cm³/mol. The summed E-state index contributed by atoms with van der Waals surface area (Å²) in [6.07, 6.45) is 10.3. The van der Waals surface area contributed by atoms with Crippen LogP contribution in [0.5, 0.6) is 0 Å². The van der Waals surface area contributed by atoms with Crippen LogP contribution >= 0.6 is 11.8 Å². The normalized spacial score (nSPS) is 32.1. The van der Waals surface area contributed by atoms with E-state index in [9.17, 15) is 0 Å². The molecule has 14 heavy (non-hydrogen) atoms. The van der Waals surface area contributed by atoms with E-state index < -0.39 is 0 Å². The summed E-state index contributed by atoms with van der Waals surface area (Å²) in [7, 11) is 0. The highest BCUT2D eigenvalue weighted by molar-refractivity contribution is 7.99. The van der Waals surface area contributed by atoms with Gasteiger partial charge in [-0.1, -0.05) is 25.7 Å². The average Bonchev–Trinajstić information content (AvgIpc) is 2.62. The third-order valence-electron chi connectivity index (χ3n) is 3.64. The minimum Gasteiger partial charge on any atom is -0.313 e. The van der Waals surface area contributed by atoms with E-state index in [-0.39, 0.29) is 0 Å². The molecule has 1 aliphatic heterocycles. The second-order valence-corrected chi connectivity index (χ2v) is 5.89. The van der Waals surface area contributed by atoms with E-state index in [1.54, 1.807) is 0 Å². The van der Waals surface area contributed by atoms with Crippen LogP contribution in [0.15, 0.2) is 0 Å². The van der Waals surface area contributed by atoms with E-state index in [0.29, 0.717) is 0 Å². The van der Waals surface area contributed by atoms with Gasteiger partial charge in [0.05, 0.1) is 0 Å². The number of thioether (sulfide) groups is 1. The molecule has 0 spiro atoms. The highest BCUT2D eigenvalue weighted by Gasteiger charge is 2.23. The van der Waals surface area contributed by atoms with Crippen LogP contribution in [0.25, 0.3) is 0 Å². The molecule has 1 saturated heterocycles. The smallest absolute Gasteiger partial charge is 0.0186 e. The Kier molecular flexibility index (Phi) is 4.65. The lowest BCUT2D eigenvalue weighted by Gasteiger charge is -2.25. The summed E-state index contributed by atoms with van der Waals surface area (Å²) in [4.78, 5) is 0. The van der Waals surface area contributed by atoms with Crippen molar-refractivity contribution in [3.63, 3.8) is 0 Å². The highest BCUT2D eigenvalue weighted by atomic mass is 32.2. The molecule has 2 heteroatoms. The van der Waals surface area contributed by atoms with Gasteiger partial charge in [0.25, 0.3) is 0 Å². The average molecular weight is 213 g/mol. The molecule has 0 aromatic rings. The number of hydrogen-bond acceptors (Lipinski definition) is 2. The van der Waals surface area contributed by atoms with Crippen LogP contribution in [-0.2, 0) is 0 Å². The van der Waals surface area contributed by atoms with Crippen molar-refractivity contribution >= 4 is 11.8 Å². The Balaban J connectivity index is 1.83. The van der Waals surface area contributed by atoms with Crippen molar-refractivity contribution in [3.8, 4) is 0 Å². The topological polar surface area (TPSA) is 12.0 Å². The molecule has 1 heterocycles. The zero-order valence-electron chi connectivity index (χ0n) is 9.13. The van der Waals surface area contributed by atoms with Crippen molar-refractivity contribution in [1.82, 2.24) is 5.32 Å². The summed E-state index contributed by atoms with van der Waals surface area (Å²) >= 11 is 2.16. The third kappa shape index (κ3) is 3.16. The molecule has 82 valence electrons. The van der Waals surface area contributed by atoms with E-state index in [1.807, 2.05) is 0 Å².